The zero-order chi connectivity index (χ0) is 18.4. The third kappa shape index (κ3) is 2.75. The van der Waals surface area contributed by atoms with Crippen LogP contribution >= 0.6 is 0 Å². The Balaban J connectivity index is 1.76. The lowest BCUT2D eigenvalue weighted by atomic mass is 9.91. The van der Waals surface area contributed by atoms with E-state index in [2.05, 4.69) is 47.2 Å². The van der Waals surface area contributed by atoms with Gasteiger partial charge >= 0.3 is 5.69 Å². The second kappa shape index (κ2) is 6.02. The Morgan fingerprint density at radius 1 is 0.926 bits per heavy atom. The molecule has 4 heteroatoms. The molecule has 0 saturated heterocycles. The highest BCUT2D eigenvalue weighted by molar-refractivity contribution is 5.95. The zero-order valence-corrected chi connectivity index (χ0v) is 14.9. The Morgan fingerprint density at radius 3 is 2.70 bits per heavy atom. The third-order valence-electron chi connectivity index (χ3n) is 4.97. The summed E-state index contributed by atoms with van der Waals surface area (Å²) in [7, 11) is 0. The molecule has 3 aromatic carbocycles. The Kier molecular flexibility index (Phi) is 3.50. The number of rotatable bonds is 1. The molecule has 0 unspecified atom stereocenters. The summed E-state index contributed by atoms with van der Waals surface area (Å²) in [5, 5.41) is 0. The first-order chi connectivity index (χ1) is 13.2. The second-order valence-corrected chi connectivity index (χ2v) is 6.89. The highest BCUT2D eigenvalue weighted by atomic mass is 16.5. The van der Waals surface area contributed by atoms with Gasteiger partial charge in [0.05, 0.1) is 11.0 Å². The Bertz CT molecular complexity index is 1260. The van der Waals surface area contributed by atoms with Crippen LogP contribution in [-0.2, 0) is 6.61 Å². The molecular formula is C23H18N2O2. The highest BCUT2D eigenvalue weighted by Crippen LogP contribution is 2.38. The van der Waals surface area contributed by atoms with Gasteiger partial charge in [0.1, 0.15) is 12.4 Å². The van der Waals surface area contributed by atoms with Crippen molar-refractivity contribution in [3.8, 4) is 5.75 Å². The highest BCUT2D eigenvalue weighted by Gasteiger charge is 2.19. The molecule has 0 amide bonds. The normalized spacial score (nSPS) is 14.5. The van der Waals surface area contributed by atoms with Crippen LogP contribution in [0.15, 0.2) is 65.5 Å². The number of para-hydroxylation sites is 1. The van der Waals surface area contributed by atoms with Crippen LogP contribution in [0.1, 0.15) is 27.8 Å². The number of fused-ring (bicyclic) bond motifs is 3. The maximum absolute atomic E-state index is 11.6. The molecule has 132 valence electrons. The number of hydrogen-bond donors (Lipinski definition) is 2. The van der Waals surface area contributed by atoms with Gasteiger partial charge in [0, 0.05) is 5.56 Å². The topological polar surface area (TPSA) is 57.9 Å². The van der Waals surface area contributed by atoms with Crippen molar-refractivity contribution in [3.63, 3.8) is 0 Å². The molecule has 0 radical (unpaired) electrons. The van der Waals surface area contributed by atoms with Crippen LogP contribution in [0.25, 0.3) is 22.7 Å². The van der Waals surface area contributed by atoms with Gasteiger partial charge in [0.2, 0.25) is 0 Å². The van der Waals surface area contributed by atoms with Gasteiger partial charge in [0.15, 0.2) is 0 Å². The summed E-state index contributed by atoms with van der Waals surface area (Å²) in [6.07, 6.45) is 2.16. The number of hydrogen-bond acceptors (Lipinski definition) is 2. The van der Waals surface area contributed by atoms with E-state index >= 15 is 0 Å². The number of ether oxygens (including phenoxy) is 1. The number of H-pyrrole nitrogens is 2. The van der Waals surface area contributed by atoms with Crippen LogP contribution < -0.4 is 10.4 Å². The van der Waals surface area contributed by atoms with Crippen molar-refractivity contribution in [3.05, 3.63) is 99.0 Å². The largest absolute Gasteiger partial charge is 0.488 e. The van der Waals surface area contributed by atoms with Gasteiger partial charge in [-0.1, -0.05) is 48.0 Å². The van der Waals surface area contributed by atoms with Crippen molar-refractivity contribution < 1.29 is 4.74 Å². The minimum absolute atomic E-state index is 0.191. The molecule has 27 heavy (non-hydrogen) atoms. The maximum Gasteiger partial charge on any atom is 0.323 e. The average molecular weight is 354 g/mol. The van der Waals surface area contributed by atoms with Gasteiger partial charge in [-0.2, -0.15) is 0 Å². The molecule has 1 aliphatic rings. The molecule has 0 bridgehead atoms. The fourth-order valence-electron chi connectivity index (χ4n) is 3.64. The van der Waals surface area contributed by atoms with Gasteiger partial charge in [-0.05, 0) is 53.5 Å². The van der Waals surface area contributed by atoms with E-state index in [1.54, 1.807) is 0 Å². The van der Waals surface area contributed by atoms with Crippen molar-refractivity contribution in [2.75, 3.05) is 0 Å². The van der Waals surface area contributed by atoms with Crippen LogP contribution in [0.4, 0.5) is 0 Å². The van der Waals surface area contributed by atoms with Crippen molar-refractivity contribution >= 4 is 22.7 Å². The summed E-state index contributed by atoms with van der Waals surface area (Å²) >= 11 is 0. The standard InChI is InChI=1S/C23H18N2O2/c1-14-6-8-16-13-27-22-5-3-2-4-17(22)19(18(16)10-14)11-15-7-9-20-21(12-15)25-23(26)24-20/h2-12H,13H2,1H3,(H2,24,25,26). The Morgan fingerprint density at radius 2 is 1.78 bits per heavy atom. The molecule has 4 nitrogen and oxygen atoms in total. The smallest absolute Gasteiger partial charge is 0.323 e. The van der Waals surface area contributed by atoms with Gasteiger partial charge in [-0.3, -0.25) is 0 Å². The molecule has 2 heterocycles. The lowest BCUT2D eigenvalue weighted by Crippen LogP contribution is -1.99. The third-order valence-corrected chi connectivity index (χ3v) is 4.97. The van der Waals surface area contributed by atoms with E-state index in [0.717, 1.165) is 33.5 Å². The van der Waals surface area contributed by atoms with E-state index in [9.17, 15) is 4.79 Å². The number of nitrogens with one attached hydrogen (secondary N) is 2. The number of aromatic amines is 2. The molecule has 0 atom stereocenters. The van der Waals surface area contributed by atoms with Crippen LogP contribution in [-0.4, -0.2) is 9.97 Å². The molecule has 1 aliphatic heterocycles. The summed E-state index contributed by atoms with van der Waals surface area (Å²) in [6.45, 7) is 2.65. The minimum atomic E-state index is -0.191. The van der Waals surface area contributed by atoms with Gasteiger partial charge < -0.3 is 14.7 Å². The molecule has 5 rings (SSSR count). The van der Waals surface area contributed by atoms with Crippen LogP contribution in [0.2, 0.25) is 0 Å². The lowest BCUT2D eigenvalue weighted by molar-refractivity contribution is 0.307. The summed E-state index contributed by atoms with van der Waals surface area (Å²) in [6, 6.07) is 20.5. The van der Waals surface area contributed by atoms with Crippen LogP contribution in [0.3, 0.4) is 0 Å². The molecule has 0 saturated carbocycles. The fourth-order valence-corrected chi connectivity index (χ4v) is 3.64. The first-order valence-electron chi connectivity index (χ1n) is 8.93. The summed E-state index contributed by atoms with van der Waals surface area (Å²) in [5.74, 6) is 0.883. The number of benzene rings is 3. The molecule has 0 fully saturated rings. The van der Waals surface area contributed by atoms with Crippen LogP contribution in [0.5, 0.6) is 5.75 Å². The molecule has 0 spiro atoms. The molecule has 1 aromatic heterocycles. The van der Waals surface area contributed by atoms with Crippen molar-refractivity contribution in [1.29, 1.82) is 0 Å². The van der Waals surface area contributed by atoms with E-state index in [1.165, 1.54) is 16.7 Å². The quantitative estimate of drug-likeness (QED) is 0.523. The lowest BCUT2D eigenvalue weighted by Gasteiger charge is -2.11. The Labute approximate surface area is 156 Å². The minimum Gasteiger partial charge on any atom is -0.488 e. The number of aryl methyl sites for hydroxylation is 1. The number of imidazole rings is 1. The summed E-state index contributed by atoms with van der Waals surface area (Å²) in [4.78, 5) is 17.2. The van der Waals surface area contributed by atoms with Crippen molar-refractivity contribution in [2.24, 2.45) is 0 Å². The van der Waals surface area contributed by atoms with Gasteiger partial charge in [-0.25, -0.2) is 4.79 Å². The van der Waals surface area contributed by atoms with E-state index in [-0.39, 0.29) is 5.69 Å². The predicted molar refractivity (Wildman–Crippen MR) is 108 cm³/mol. The molecule has 2 N–H and O–H groups in total. The molecule has 0 aliphatic carbocycles. The SMILES string of the molecule is Cc1ccc2c(c1)C(=Cc1ccc3[nH]c(=O)[nH]c3c1)c1ccccc1OC2. The van der Waals surface area contributed by atoms with E-state index < -0.39 is 0 Å². The van der Waals surface area contributed by atoms with Gasteiger partial charge in [-0.15, -0.1) is 0 Å². The van der Waals surface area contributed by atoms with E-state index in [1.807, 2.05) is 36.4 Å². The fraction of sp³-hybridized carbons (Fsp3) is 0.0870. The van der Waals surface area contributed by atoms with E-state index in [0.29, 0.717) is 6.61 Å². The predicted octanol–water partition coefficient (Wildman–Crippen LogP) is 4.65. The maximum atomic E-state index is 11.6. The van der Waals surface area contributed by atoms with Crippen molar-refractivity contribution in [1.82, 2.24) is 9.97 Å². The zero-order valence-electron chi connectivity index (χ0n) is 14.9. The molecular weight excluding hydrogens is 336 g/mol. The summed E-state index contributed by atoms with van der Waals surface area (Å²) in [5.41, 5.74) is 8.20. The first-order valence-corrected chi connectivity index (χ1v) is 8.93. The summed E-state index contributed by atoms with van der Waals surface area (Å²) < 4.78 is 6.06. The molecule has 4 aromatic rings. The van der Waals surface area contributed by atoms with Crippen LogP contribution in [0, 0.1) is 6.92 Å². The van der Waals surface area contributed by atoms with E-state index in [4.69, 9.17) is 4.74 Å². The first kappa shape index (κ1) is 15.7. The monoisotopic (exact) mass is 354 g/mol. The second-order valence-electron chi connectivity index (χ2n) is 6.89. The van der Waals surface area contributed by atoms with Crippen molar-refractivity contribution in [2.45, 2.75) is 13.5 Å². The number of aromatic nitrogens is 2. The van der Waals surface area contributed by atoms with Gasteiger partial charge in [0.25, 0.3) is 0 Å². The Hall–Kier alpha value is -3.53. The average Bonchev–Trinajstić information content (AvgIpc) is 2.97.